The molecule has 3 atom stereocenters. The summed E-state index contributed by atoms with van der Waals surface area (Å²) < 4.78 is 43.3. The Labute approximate surface area is 255 Å². The first kappa shape index (κ1) is 33.3. The Morgan fingerprint density at radius 2 is 1.86 bits per heavy atom. The topological polar surface area (TPSA) is 129 Å². The predicted molar refractivity (Wildman–Crippen MR) is 162 cm³/mol. The maximum absolute atomic E-state index is 13.8. The average Bonchev–Trinajstić information content (AvgIpc) is 3.67. The number of carboxylic acids is 1. The summed E-state index contributed by atoms with van der Waals surface area (Å²) in [6, 6.07) is 3.07. The fourth-order valence-electron chi connectivity index (χ4n) is 6.49. The van der Waals surface area contributed by atoms with Crippen molar-refractivity contribution in [1.82, 2.24) is 19.0 Å². The van der Waals surface area contributed by atoms with Gasteiger partial charge in [0, 0.05) is 44.7 Å². The molecular formula is C30H48N4O8S. The van der Waals surface area contributed by atoms with Crippen molar-refractivity contribution >= 4 is 21.9 Å². The lowest BCUT2D eigenvalue weighted by Crippen LogP contribution is -2.45. The van der Waals surface area contributed by atoms with Crippen LogP contribution in [0.2, 0.25) is 0 Å². The smallest absolute Gasteiger partial charge is 0.308 e. The Balaban J connectivity index is 1.59. The number of fused-ring (bicyclic) bond motifs is 1. The molecule has 0 bridgehead atoms. The maximum atomic E-state index is 13.8. The van der Waals surface area contributed by atoms with Gasteiger partial charge in [0.25, 0.3) is 0 Å². The van der Waals surface area contributed by atoms with Crippen molar-refractivity contribution in [3.8, 4) is 17.2 Å². The molecule has 4 rings (SSSR count). The number of aliphatic carboxylic acids is 1. The molecule has 242 valence electrons. The molecule has 0 radical (unpaired) electrons. The molecule has 2 fully saturated rings. The second-order valence-corrected chi connectivity index (χ2v) is 14.1. The summed E-state index contributed by atoms with van der Waals surface area (Å²) in [6.07, 6.45) is 4.62. The first-order valence-electron chi connectivity index (χ1n) is 15.4. The number of amides is 1. The zero-order valence-electron chi connectivity index (χ0n) is 26.0. The van der Waals surface area contributed by atoms with E-state index >= 15 is 0 Å². The molecule has 0 aromatic heterocycles. The molecule has 1 aromatic rings. The van der Waals surface area contributed by atoms with Crippen LogP contribution in [-0.4, -0.2) is 130 Å². The van der Waals surface area contributed by atoms with Crippen LogP contribution < -0.4 is 14.2 Å². The van der Waals surface area contributed by atoms with Crippen LogP contribution in [0.5, 0.6) is 17.2 Å². The molecule has 2 saturated heterocycles. The van der Waals surface area contributed by atoms with Gasteiger partial charge >= 0.3 is 5.97 Å². The summed E-state index contributed by atoms with van der Waals surface area (Å²) in [6.45, 7) is 5.49. The van der Waals surface area contributed by atoms with Crippen LogP contribution in [0.4, 0.5) is 0 Å². The number of ether oxygens (including phenoxy) is 3. The number of carboxylic acid groups (broad SMARTS) is 1. The van der Waals surface area contributed by atoms with Crippen molar-refractivity contribution in [3.63, 3.8) is 0 Å². The number of rotatable bonds is 16. The number of unbranched alkanes of at least 4 members (excludes halogenated alkanes) is 2. The Morgan fingerprint density at radius 1 is 1.12 bits per heavy atom. The van der Waals surface area contributed by atoms with E-state index in [1.807, 2.05) is 23.9 Å². The highest BCUT2D eigenvalue weighted by atomic mass is 32.2. The summed E-state index contributed by atoms with van der Waals surface area (Å²) in [5.41, 5.74) is 0.730. The Bertz CT molecular complexity index is 1230. The summed E-state index contributed by atoms with van der Waals surface area (Å²) in [7, 11) is 2.25. The van der Waals surface area contributed by atoms with Crippen molar-refractivity contribution in [2.75, 3.05) is 79.6 Å². The highest BCUT2D eigenvalue weighted by Gasteiger charge is 2.48. The van der Waals surface area contributed by atoms with Gasteiger partial charge in [-0.15, -0.1) is 0 Å². The fourth-order valence-corrected chi connectivity index (χ4v) is 8.03. The second-order valence-electron chi connectivity index (χ2n) is 12.0. The van der Waals surface area contributed by atoms with Gasteiger partial charge < -0.3 is 29.1 Å². The lowest BCUT2D eigenvalue weighted by Gasteiger charge is -2.30. The van der Waals surface area contributed by atoms with Gasteiger partial charge in [0.05, 0.1) is 25.3 Å². The van der Waals surface area contributed by atoms with E-state index in [0.717, 1.165) is 37.8 Å². The highest BCUT2D eigenvalue weighted by molar-refractivity contribution is 7.89. The van der Waals surface area contributed by atoms with Crippen molar-refractivity contribution in [2.24, 2.45) is 5.92 Å². The molecule has 3 aliphatic heterocycles. The minimum Gasteiger partial charge on any atom is -0.493 e. The molecule has 1 N–H and O–H groups in total. The summed E-state index contributed by atoms with van der Waals surface area (Å²) >= 11 is 0. The van der Waals surface area contributed by atoms with Gasteiger partial charge in [-0.3, -0.25) is 14.5 Å². The van der Waals surface area contributed by atoms with E-state index in [2.05, 4.69) is 11.8 Å². The molecule has 13 heteroatoms. The van der Waals surface area contributed by atoms with E-state index in [4.69, 9.17) is 14.2 Å². The van der Waals surface area contributed by atoms with Gasteiger partial charge in [-0.2, -0.15) is 0 Å². The van der Waals surface area contributed by atoms with Gasteiger partial charge in [0.1, 0.15) is 0 Å². The Hall–Kier alpha value is -2.61. The first-order valence-corrected chi connectivity index (χ1v) is 17.0. The van der Waals surface area contributed by atoms with E-state index in [-0.39, 0.29) is 31.5 Å². The zero-order valence-corrected chi connectivity index (χ0v) is 26.8. The number of benzene rings is 1. The van der Waals surface area contributed by atoms with Crippen molar-refractivity contribution in [2.45, 2.75) is 57.4 Å². The monoisotopic (exact) mass is 624 g/mol. The van der Waals surface area contributed by atoms with Gasteiger partial charge in [0.15, 0.2) is 11.5 Å². The summed E-state index contributed by atoms with van der Waals surface area (Å²) in [4.78, 5) is 32.7. The van der Waals surface area contributed by atoms with Gasteiger partial charge in [0.2, 0.25) is 28.5 Å². The van der Waals surface area contributed by atoms with E-state index in [1.165, 1.54) is 11.4 Å². The number of hydrogen-bond acceptors (Lipinski definition) is 9. The number of nitrogens with zero attached hydrogens (tertiary/aromatic N) is 4. The zero-order chi connectivity index (χ0) is 31.1. The number of methoxy groups -OCH3 is 1. The molecule has 0 saturated carbocycles. The van der Waals surface area contributed by atoms with Crippen LogP contribution in [-0.2, 0) is 19.6 Å². The Morgan fingerprint density at radius 3 is 2.51 bits per heavy atom. The second kappa shape index (κ2) is 14.9. The maximum Gasteiger partial charge on any atom is 0.308 e. The van der Waals surface area contributed by atoms with Crippen LogP contribution in [0.3, 0.4) is 0 Å². The van der Waals surface area contributed by atoms with E-state index in [1.54, 1.807) is 12.1 Å². The van der Waals surface area contributed by atoms with Crippen LogP contribution in [0, 0.1) is 5.92 Å². The standard InChI is InChI=1S/C30H48N4O8S/c1-5-6-12-32(13-8-7-11-31(2)3)27(35)20-33-19-23(22-17-25(40-4)29-26(18-22)41-21-42-29)28(30(36)37)24(33)10-15-34-14-9-16-43(34,38)39/h17-18,23-24,28H,5-16,19-21H2,1-4H3,(H,36,37). The number of carbonyl (C=O) groups excluding carboxylic acids is 1. The predicted octanol–water partition coefficient (Wildman–Crippen LogP) is 2.29. The third-order valence-corrected chi connectivity index (χ3v) is 10.7. The molecule has 3 heterocycles. The third-order valence-electron chi connectivity index (χ3n) is 8.78. The normalized spacial score (nSPS) is 23.2. The van der Waals surface area contributed by atoms with Crippen molar-refractivity contribution in [1.29, 1.82) is 0 Å². The minimum atomic E-state index is -3.34. The number of carbonyl (C=O) groups is 2. The SMILES string of the molecule is CCCCN(CCCCN(C)C)C(=O)CN1CC(c2cc(OC)c3c(c2)OCO3)C(C(=O)O)C1CCN1CCCS1(=O)=O. The van der Waals surface area contributed by atoms with Crippen LogP contribution in [0.15, 0.2) is 12.1 Å². The molecule has 3 unspecified atom stereocenters. The molecule has 0 spiro atoms. The fraction of sp³-hybridized carbons (Fsp3) is 0.733. The number of hydrogen-bond donors (Lipinski definition) is 1. The largest absolute Gasteiger partial charge is 0.493 e. The summed E-state index contributed by atoms with van der Waals surface area (Å²) in [5.74, 6) is -0.752. The molecule has 1 amide bonds. The van der Waals surface area contributed by atoms with Crippen molar-refractivity contribution in [3.05, 3.63) is 17.7 Å². The van der Waals surface area contributed by atoms with Gasteiger partial charge in [-0.1, -0.05) is 13.3 Å². The molecule has 1 aromatic carbocycles. The number of likely N-dealkylation sites (tertiary alicyclic amines) is 1. The van der Waals surface area contributed by atoms with Crippen LogP contribution >= 0.6 is 0 Å². The molecule has 12 nitrogen and oxygen atoms in total. The Kier molecular flexibility index (Phi) is 11.5. The van der Waals surface area contributed by atoms with E-state index in [9.17, 15) is 23.1 Å². The lowest BCUT2D eigenvalue weighted by atomic mass is 9.84. The number of sulfonamides is 1. The summed E-state index contributed by atoms with van der Waals surface area (Å²) in [5, 5.41) is 10.6. The minimum absolute atomic E-state index is 0.0230. The third kappa shape index (κ3) is 8.11. The quantitative estimate of drug-likeness (QED) is 0.274. The van der Waals surface area contributed by atoms with E-state index in [0.29, 0.717) is 56.3 Å². The lowest BCUT2D eigenvalue weighted by molar-refractivity contribution is -0.143. The average molecular weight is 625 g/mol. The molecular weight excluding hydrogens is 576 g/mol. The molecule has 43 heavy (non-hydrogen) atoms. The van der Waals surface area contributed by atoms with Crippen molar-refractivity contribution < 1.29 is 37.3 Å². The van der Waals surface area contributed by atoms with E-state index < -0.39 is 33.9 Å². The highest BCUT2D eigenvalue weighted by Crippen LogP contribution is 2.47. The molecule has 0 aliphatic carbocycles. The first-order chi connectivity index (χ1) is 20.6. The van der Waals surface area contributed by atoms with Gasteiger partial charge in [-0.05, 0) is 70.4 Å². The van der Waals surface area contributed by atoms with Crippen LogP contribution in [0.25, 0.3) is 0 Å². The molecule has 3 aliphatic rings. The van der Waals surface area contributed by atoms with Crippen LogP contribution in [0.1, 0.15) is 56.9 Å². The van der Waals surface area contributed by atoms with Gasteiger partial charge in [-0.25, -0.2) is 12.7 Å².